The highest BCUT2D eigenvalue weighted by atomic mass is 35.5. The van der Waals surface area contributed by atoms with Crippen LogP contribution < -0.4 is 0 Å². The van der Waals surface area contributed by atoms with E-state index in [2.05, 4.69) is 25.1 Å². The van der Waals surface area contributed by atoms with Crippen LogP contribution in [-0.4, -0.2) is 16.9 Å². The number of hydrogen-bond acceptors (Lipinski definition) is 1. The zero-order valence-corrected chi connectivity index (χ0v) is 13.0. The minimum absolute atomic E-state index is 0.268. The lowest BCUT2D eigenvalue weighted by atomic mass is 9.78. The van der Waals surface area contributed by atoms with E-state index in [0.717, 1.165) is 11.1 Å². The molecule has 0 aliphatic rings. The molecule has 1 nitrogen and oxygen atoms in total. The van der Waals surface area contributed by atoms with Crippen molar-refractivity contribution in [1.29, 1.82) is 0 Å². The average molecular weight is 309 g/mol. The van der Waals surface area contributed by atoms with Gasteiger partial charge in [0, 0.05) is 17.2 Å². The van der Waals surface area contributed by atoms with E-state index in [1.807, 2.05) is 18.2 Å². The Morgan fingerprint density at radius 1 is 1.00 bits per heavy atom. The Bertz CT molecular complexity index is 577. The number of phenolic OH excluding ortho intramolecular Hbond substituents is 1. The van der Waals surface area contributed by atoms with Gasteiger partial charge in [-0.15, -0.1) is 23.2 Å². The van der Waals surface area contributed by atoms with Gasteiger partial charge < -0.3 is 5.11 Å². The Morgan fingerprint density at radius 2 is 1.70 bits per heavy atom. The summed E-state index contributed by atoms with van der Waals surface area (Å²) < 4.78 is 0. The molecule has 0 unspecified atom stereocenters. The second-order valence-corrected chi connectivity index (χ2v) is 5.80. The van der Waals surface area contributed by atoms with Crippen molar-refractivity contribution in [2.75, 3.05) is 11.8 Å². The number of rotatable bonds is 5. The molecule has 0 heterocycles. The van der Waals surface area contributed by atoms with Gasteiger partial charge in [-0.3, -0.25) is 0 Å². The molecule has 0 amide bonds. The lowest BCUT2D eigenvalue weighted by Crippen LogP contribution is -2.33. The maximum absolute atomic E-state index is 9.60. The summed E-state index contributed by atoms with van der Waals surface area (Å²) in [4.78, 5) is 0. The predicted molar refractivity (Wildman–Crippen MR) is 86.1 cm³/mol. The van der Waals surface area contributed by atoms with Crippen molar-refractivity contribution in [3.63, 3.8) is 0 Å². The number of hydrogen-bond donors (Lipinski definition) is 1. The quantitative estimate of drug-likeness (QED) is 0.797. The van der Waals surface area contributed by atoms with Gasteiger partial charge >= 0.3 is 0 Å². The molecule has 0 aliphatic heterocycles. The number of aromatic hydroxyl groups is 1. The van der Waals surface area contributed by atoms with Gasteiger partial charge in [0.25, 0.3) is 0 Å². The fraction of sp³-hybridized carbons (Fsp3) is 0.294. The van der Waals surface area contributed by atoms with Gasteiger partial charge in [0.1, 0.15) is 5.75 Å². The second kappa shape index (κ2) is 6.51. The Labute approximate surface area is 130 Å². The molecular weight excluding hydrogens is 291 g/mol. The van der Waals surface area contributed by atoms with Crippen molar-refractivity contribution in [3.05, 3.63) is 65.2 Å². The Balaban J connectivity index is 2.39. The predicted octanol–water partition coefficient (Wildman–Crippen LogP) is 4.66. The molecule has 0 saturated heterocycles. The van der Waals surface area contributed by atoms with Crippen LogP contribution in [0.4, 0.5) is 0 Å². The number of alkyl halides is 2. The number of benzene rings is 2. The largest absolute Gasteiger partial charge is 0.508 e. The third kappa shape index (κ3) is 3.28. The molecule has 2 aromatic rings. The first kappa shape index (κ1) is 15.2. The molecule has 0 atom stereocenters. The van der Waals surface area contributed by atoms with Gasteiger partial charge in [0.05, 0.1) is 0 Å². The van der Waals surface area contributed by atoms with Gasteiger partial charge in [-0.25, -0.2) is 0 Å². The highest BCUT2D eigenvalue weighted by molar-refractivity contribution is 6.22. The van der Waals surface area contributed by atoms with Crippen molar-refractivity contribution < 1.29 is 5.11 Å². The zero-order chi connectivity index (χ0) is 14.6. The van der Waals surface area contributed by atoms with E-state index in [4.69, 9.17) is 23.2 Å². The Hall–Kier alpha value is -1.18. The van der Waals surface area contributed by atoms with E-state index in [1.54, 1.807) is 12.1 Å². The number of halogens is 2. The molecule has 0 aromatic heterocycles. The lowest BCUT2D eigenvalue weighted by molar-refractivity contribution is 0.472. The first-order valence-electron chi connectivity index (χ1n) is 6.57. The van der Waals surface area contributed by atoms with Crippen LogP contribution in [0.25, 0.3) is 0 Å². The lowest BCUT2D eigenvalue weighted by Gasteiger charge is -2.31. The van der Waals surface area contributed by atoms with Crippen molar-refractivity contribution >= 4 is 23.2 Å². The van der Waals surface area contributed by atoms with Gasteiger partial charge in [-0.05, 0) is 36.6 Å². The standard InChI is InChI=1S/C17H18Cl2O/c1-13-4-2-6-15(8-13)17(11-18,12-19)10-14-5-3-7-16(20)9-14/h2-9,20H,10-12H2,1H3. The fourth-order valence-electron chi connectivity index (χ4n) is 2.42. The Morgan fingerprint density at radius 3 is 2.30 bits per heavy atom. The van der Waals surface area contributed by atoms with Crippen molar-refractivity contribution in [3.8, 4) is 5.75 Å². The van der Waals surface area contributed by atoms with E-state index in [-0.39, 0.29) is 11.2 Å². The second-order valence-electron chi connectivity index (χ2n) is 5.26. The van der Waals surface area contributed by atoms with Crippen LogP contribution in [0, 0.1) is 6.92 Å². The smallest absolute Gasteiger partial charge is 0.115 e. The molecule has 1 N–H and O–H groups in total. The summed E-state index contributed by atoms with van der Waals surface area (Å²) in [7, 11) is 0. The van der Waals surface area contributed by atoms with Gasteiger partial charge in [0.15, 0.2) is 0 Å². The average Bonchev–Trinajstić information content (AvgIpc) is 2.45. The number of phenols is 1. The third-order valence-electron chi connectivity index (χ3n) is 3.60. The summed E-state index contributed by atoms with van der Waals surface area (Å²) in [6.45, 7) is 2.06. The van der Waals surface area contributed by atoms with Crippen molar-refractivity contribution in [2.24, 2.45) is 0 Å². The Kier molecular flexibility index (Phi) is 4.95. The third-order valence-corrected chi connectivity index (χ3v) is 4.62. The molecule has 0 aliphatic carbocycles. The van der Waals surface area contributed by atoms with Crippen LogP contribution in [0.15, 0.2) is 48.5 Å². The summed E-state index contributed by atoms with van der Waals surface area (Å²) in [5.74, 6) is 1.15. The maximum Gasteiger partial charge on any atom is 0.115 e. The zero-order valence-electron chi connectivity index (χ0n) is 11.4. The number of aryl methyl sites for hydroxylation is 1. The molecule has 3 heteroatoms. The molecular formula is C17H18Cl2O. The van der Waals surface area contributed by atoms with Crippen LogP contribution in [0.1, 0.15) is 16.7 Å². The molecule has 2 aromatic carbocycles. The molecule has 0 spiro atoms. The van der Waals surface area contributed by atoms with Gasteiger partial charge in [0.2, 0.25) is 0 Å². The summed E-state index contributed by atoms with van der Waals surface area (Å²) in [5.41, 5.74) is 3.06. The van der Waals surface area contributed by atoms with Crippen molar-refractivity contribution in [2.45, 2.75) is 18.8 Å². The minimum Gasteiger partial charge on any atom is -0.508 e. The van der Waals surface area contributed by atoms with Crippen LogP contribution in [-0.2, 0) is 11.8 Å². The summed E-state index contributed by atoms with van der Waals surface area (Å²) in [5, 5.41) is 9.60. The summed E-state index contributed by atoms with van der Waals surface area (Å²) in [6, 6.07) is 15.6. The fourth-order valence-corrected chi connectivity index (χ4v) is 3.20. The van der Waals surface area contributed by atoms with Gasteiger partial charge in [-0.1, -0.05) is 42.0 Å². The SMILES string of the molecule is Cc1cccc(C(CCl)(CCl)Cc2cccc(O)c2)c1. The maximum atomic E-state index is 9.60. The first-order valence-corrected chi connectivity index (χ1v) is 7.63. The van der Waals surface area contributed by atoms with E-state index < -0.39 is 0 Å². The molecule has 0 saturated carbocycles. The monoisotopic (exact) mass is 308 g/mol. The molecule has 0 radical (unpaired) electrons. The van der Waals surface area contributed by atoms with Crippen LogP contribution >= 0.6 is 23.2 Å². The van der Waals surface area contributed by atoms with Crippen LogP contribution in [0.5, 0.6) is 5.75 Å². The first-order chi connectivity index (χ1) is 9.59. The topological polar surface area (TPSA) is 20.2 Å². The van der Waals surface area contributed by atoms with Crippen molar-refractivity contribution in [1.82, 2.24) is 0 Å². The van der Waals surface area contributed by atoms with Crippen LogP contribution in [0.3, 0.4) is 0 Å². The van der Waals surface area contributed by atoms with Gasteiger partial charge in [-0.2, -0.15) is 0 Å². The highest BCUT2D eigenvalue weighted by Crippen LogP contribution is 2.32. The molecule has 0 bridgehead atoms. The van der Waals surface area contributed by atoms with E-state index in [0.29, 0.717) is 18.2 Å². The molecule has 20 heavy (non-hydrogen) atoms. The van der Waals surface area contributed by atoms with E-state index >= 15 is 0 Å². The van der Waals surface area contributed by atoms with E-state index in [1.165, 1.54) is 5.56 Å². The summed E-state index contributed by atoms with van der Waals surface area (Å²) >= 11 is 12.5. The summed E-state index contributed by atoms with van der Waals surface area (Å²) in [6.07, 6.45) is 0.706. The van der Waals surface area contributed by atoms with Crippen LogP contribution in [0.2, 0.25) is 0 Å². The normalized spacial score (nSPS) is 11.6. The highest BCUT2D eigenvalue weighted by Gasteiger charge is 2.31. The van der Waals surface area contributed by atoms with E-state index in [9.17, 15) is 5.11 Å². The molecule has 106 valence electrons. The minimum atomic E-state index is -0.317. The molecule has 0 fully saturated rings. The molecule has 2 rings (SSSR count).